The van der Waals surface area contributed by atoms with Gasteiger partial charge in [-0.1, -0.05) is 99.6 Å². The number of fused-ring (bicyclic) bond motifs is 1. The quantitative estimate of drug-likeness (QED) is 0.213. The topological polar surface area (TPSA) is 26.2 Å². The molecule has 6 rings (SSSR count). The van der Waals surface area contributed by atoms with E-state index in [9.17, 15) is 0 Å². The van der Waals surface area contributed by atoms with Gasteiger partial charge in [-0.2, -0.15) is 0 Å². The van der Waals surface area contributed by atoms with Gasteiger partial charge < -0.3 is 14.6 Å². The molecule has 1 aliphatic rings. The molecule has 0 saturated carbocycles. The van der Waals surface area contributed by atoms with Crippen molar-refractivity contribution in [2.75, 3.05) is 13.1 Å². The minimum atomic E-state index is 0. The van der Waals surface area contributed by atoms with E-state index in [4.69, 9.17) is 4.74 Å². The Hall–Kier alpha value is -3.53. The van der Waals surface area contributed by atoms with Crippen LogP contribution in [0.2, 0.25) is 0 Å². The highest BCUT2D eigenvalue weighted by atomic mass is 35.5. The van der Waals surface area contributed by atoms with Crippen molar-refractivity contribution in [3.05, 3.63) is 126 Å². The lowest BCUT2D eigenvalue weighted by atomic mass is 9.87. The van der Waals surface area contributed by atoms with E-state index in [2.05, 4.69) is 134 Å². The molecule has 0 aliphatic carbocycles. The molecular weight excluding hydrogens is 524 g/mol. The number of rotatable bonds is 7. The zero-order valence-corrected chi connectivity index (χ0v) is 25.2. The lowest BCUT2D eigenvalue weighted by Gasteiger charge is -2.22. The molecule has 1 aromatic heterocycles. The lowest BCUT2D eigenvalue weighted by molar-refractivity contribution is 0.306. The molecule has 4 heteroatoms. The van der Waals surface area contributed by atoms with Crippen molar-refractivity contribution in [2.45, 2.75) is 58.1 Å². The highest BCUT2D eigenvalue weighted by molar-refractivity contribution is 5.86. The van der Waals surface area contributed by atoms with Crippen molar-refractivity contribution >= 4 is 23.3 Å². The summed E-state index contributed by atoms with van der Waals surface area (Å²) in [4.78, 5) is 0. The molecule has 0 amide bonds. The average molecular weight is 565 g/mol. The van der Waals surface area contributed by atoms with Gasteiger partial charge in [0.2, 0.25) is 0 Å². The summed E-state index contributed by atoms with van der Waals surface area (Å²) in [6.07, 6.45) is 4.79. The monoisotopic (exact) mass is 564 g/mol. The van der Waals surface area contributed by atoms with Crippen LogP contribution in [-0.4, -0.2) is 17.7 Å². The summed E-state index contributed by atoms with van der Waals surface area (Å²) in [5.41, 5.74) is 9.22. The number of halogens is 1. The predicted molar refractivity (Wildman–Crippen MR) is 174 cm³/mol. The van der Waals surface area contributed by atoms with E-state index < -0.39 is 0 Å². The van der Waals surface area contributed by atoms with E-state index in [1.165, 1.54) is 57.1 Å². The first-order valence-corrected chi connectivity index (χ1v) is 14.6. The third kappa shape index (κ3) is 6.69. The molecule has 0 spiro atoms. The summed E-state index contributed by atoms with van der Waals surface area (Å²) in [7, 11) is 0. The Labute approximate surface area is 251 Å². The largest absolute Gasteiger partial charge is 0.489 e. The number of benzene rings is 4. The third-order valence-corrected chi connectivity index (χ3v) is 8.30. The van der Waals surface area contributed by atoms with E-state index in [1.807, 2.05) is 0 Å². The first kappa shape index (κ1) is 29.0. The Morgan fingerprint density at radius 2 is 1.44 bits per heavy atom. The first-order chi connectivity index (χ1) is 19.4. The maximum absolute atomic E-state index is 6.34. The van der Waals surface area contributed by atoms with Gasteiger partial charge >= 0.3 is 0 Å². The van der Waals surface area contributed by atoms with Crippen LogP contribution in [0.4, 0.5) is 0 Å². The zero-order chi connectivity index (χ0) is 27.5. The molecule has 0 bridgehead atoms. The molecule has 1 fully saturated rings. The Balaban J connectivity index is 0.00000337. The molecule has 1 saturated heterocycles. The summed E-state index contributed by atoms with van der Waals surface area (Å²) >= 11 is 0. The maximum atomic E-state index is 6.34. The second kappa shape index (κ2) is 12.5. The number of hydrogen-bond acceptors (Lipinski definition) is 2. The number of aromatic nitrogens is 1. The van der Waals surface area contributed by atoms with Crippen LogP contribution in [-0.2, 0) is 18.6 Å². The van der Waals surface area contributed by atoms with Crippen LogP contribution in [0.3, 0.4) is 0 Å². The minimum absolute atomic E-state index is 0. The number of ether oxygens (including phenoxy) is 1. The van der Waals surface area contributed by atoms with Gasteiger partial charge in [-0.25, -0.2) is 0 Å². The molecular formula is C37H41ClN2O. The molecule has 0 atom stereocenters. The number of hydrogen-bond donors (Lipinski definition) is 1. The predicted octanol–water partition coefficient (Wildman–Crippen LogP) is 9.12. The molecule has 212 valence electrons. The summed E-state index contributed by atoms with van der Waals surface area (Å²) in [6.45, 7) is 10.4. The van der Waals surface area contributed by atoms with E-state index >= 15 is 0 Å². The van der Waals surface area contributed by atoms with Gasteiger partial charge in [0, 0.05) is 24.2 Å². The first-order valence-electron chi connectivity index (χ1n) is 14.6. The summed E-state index contributed by atoms with van der Waals surface area (Å²) in [6, 6.07) is 35.0. The maximum Gasteiger partial charge on any atom is 0.121 e. The van der Waals surface area contributed by atoms with Crippen LogP contribution in [0.1, 0.15) is 61.8 Å². The van der Waals surface area contributed by atoms with Gasteiger partial charge in [-0.15, -0.1) is 12.4 Å². The van der Waals surface area contributed by atoms with Gasteiger partial charge in [0.25, 0.3) is 0 Å². The van der Waals surface area contributed by atoms with Crippen LogP contribution in [0.5, 0.6) is 5.75 Å². The molecule has 2 heterocycles. The summed E-state index contributed by atoms with van der Waals surface area (Å²) in [5.74, 6) is 1.52. The lowest BCUT2D eigenvalue weighted by Crippen LogP contribution is -2.26. The van der Waals surface area contributed by atoms with Gasteiger partial charge in [-0.05, 0) is 82.8 Å². The van der Waals surface area contributed by atoms with E-state index in [0.717, 1.165) is 25.4 Å². The van der Waals surface area contributed by atoms with Gasteiger partial charge in [0.05, 0.1) is 5.52 Å². The van der Waals surface area contributed by atoms with Crippen LogP contribution in [0.25, 0.3) is 22.0 Å². The second-order valence-electron chi connectivity index (χ2n) is 12.2. The Bertz CT molecular complexity index is 1560. The van der Waals surface area contributed by atoms with E-state index in [0.29, 0.717) is 12.5 Å². The number of nitrogens with one attached hydrogen (secondary N) is 1. The Morgan fingerprint density at radius 1 is 0.780 bits per heavy atom. The van der Waals surface area contributed by atoms with Crippen LogP contribution in [0.15, 0.2) is 103 Å². The van der Waals surface area contributed by atoms with Gasteiger partial charge in [0.1, 0.15) is 12.4 Å². The van der Waals surface area contributed by atoms with Crippen LogP contribution >= 0.6 is 12.4 Å². The van der Waals surface area contributed by atoms with E-state index in [-0.39, 0.29) is 17.8 Å². The number of nitrogens with zero attached hydrogens (tertiary/aromatic N) is 1. The third-order valence-electron chi connectivity index (χ3n) is 8.30. The molecule has 5 aromatic rings. The van der Waals surface area contributed by atoms with Gasteiger partial charge in [-0.3, -0.25) is 0 Å². The average Bonchev–Trinajstić information content (AvgIpc) is 3.34. The molecule has 3 nitrogen and oxygen atoms in total. The smallest absolute Gasteiger partial charge is 0.121 e. The Morgan fingerprint density at radius 3 is 2.12 bits per heavy atom. The highest BCUT2D eigenvalue weighted by Crippen LogP contribution is 2.35. The fraction of sp³-hybridized carbons (Fsp3) is 0.297. The zero-order valence-electron chi connectivity index (χ0n) is 24.4. The summed E-state index contributed by atoms with van der Waals surface area (Å²) in [5, 5.41) is 4.88. The molecule has 41 heavy (non-hydrogen) atoms. The SMILES string of the molecule is CC(C)(C)c1ccc(Cn2cc(C3CCNCC3)c3ccc(OCc4ccc(-c5ccccc5)cc4)cc32)cc1.Cl. The minimum Gasteiger partial charge on any atom is -0.489 e. The molecule has 1 aliphatic heterocycles. The van der Waals surface area contributed by atoms with Crippen LogP contribution in [0, 0.1) is 0 Å². The molecule has 0 radical (unpaired) electrons. The van der Waals surface area contributed by atoms with Gasteiger partial charge in [0.15, 0.2) is 0 Å². The standard InChI is InChI=1S/C37H40N2O.ClH/c1-37(2,3)32-15-11-27(12-16-32)24-39-25-35(31-19-21-38-22-20-31)34-18-17-33(23-36(34)39)40-26-28-9-13-30(14-10-28)29-7-5-4-6-8-29;/h4-18,23,25,31,38H,19-22,24,26H2,1-3H3;1H. The van der Waals surface area contributed by atoms with Crippen LogP contribution < -0.4 is 10.1 Å². The summed E-state index contributed by atoms with van der Waals surface area (Å²) < 4.78 is 8.77. The molecule has 4 aromatic carbocycles. The van der Waals surface area contributed by atoms with Crippen molar-refractivity contribution in [3.8, 4) is 16.9 Å². The van der Waals surface area contributed by atoms with Crippen molar-refractivity contribution in [2.24, 2.45) is 0 Å². The molecule has 1 N–H and O–H groups in total. The second-order valence-corrected chi connectivity index (χ2v) is 12.2. The highest BCUT2D eigenvalue weighted by Gasteiger charge is 2.21. The number of piperidine rings is 1. The van der Waals surface area contributed by atoms with Crippen molar-refractivity contribution < 1.29 is 4.74 Å². The normalized spacial score (nSPS) is 14.1. The van der Waals surface area contributed by atoms with Crippen molar-refractivity contribution in [3.63, 3.8) is 0 Å². The van der Waals surface area contributed by atoms with E-state index in [1.54, 1.807) is 0 Å². The Kier molecular flexibility index (Phi) is 8.87. The van der Waals surface area contributed by atoms with Crippen molar-refractivity contribution in [1.29, 1.82) is 0 Å². The fourth-order valence-electron chi connectivity index (χ4n) is 5.88. The fourth-order valence-corrected chi connectivity index (χ4v) is 5.88. The molecule has 0 unspecified atom stereocenters. The van der Waals surface area contributed by atoms with Crippen molar-refractivity contribution in [1.82, 2.24) is 9.88 Å².